The minimum absolute atomic E-state index is 0.108. The number of aliphatic hydroxyl groups excluding tert-OH is 1. The fourth-order valence-corrected chi connectivity index (χ4v) is 6.01. The van der Waals surface area contributed by atoms with E-state index < -0.39 is 29.5 Å². The Labute approximate surface area is 246 Å². The zero-order chi connectivity index (χ0) is 30.3. The monoisotopic (exact) mass is 590 g/mol. The van der Waals surface area contributed by atoms with Crippen LogP contribution in [0.5, 0.6) is 11.5 Å². The predicted molar refractivity (Wildman–Crippen MR) is 156 cm³/mol. The summed E-state index contributed by atoms with van der Waals surface area (Å²) in [6.07, 6.45) is 1.81. The van der Waals surface area contributed by atoms with Gasteiger partial charge in [-0.25, -0.2) is 14.8 Å². The number of benzene rings is 1. The second-order valence-electron chi connectivity index (χ2n) is 9.57. The number of esters is 1. The van der Waals surface area contributed by atoms with Crippen molar-refractivity contribution in [1.82, 2.24) is 14.4 Å². The standard InChI is InChI=1S/C30H30N4O7S/c1-7-40-19-12-11-18(14-20(19)39-6)23-21(24(35)22-17(5)33-13-9-10-15(3)27(33)32-22)25(36)28(37)34(23)30-31-16(4)26(42-30)29(38)41-8-2/h9-14,23,35H,7-8H2,1-6H3/b24-21+. The number of thiazole rings is 1. The third kappa shape index (κ3) is 4.67. The summed E-state index contributed by atoms with van der Waals surface area (Å²) >= 11 is 0.936. The summed E-state index contributed by atoms with van der Waals surface area (Å²) in [7, 11) is 1.48. The fraction of sp³-hybridized carbons (Fsp3) is 0.300. The van der Waals surface area contributed by atoms with E-state index in [0.717, 1.165) is 16.9 Å². The van der Waals surface area contributed by atoms with Crippen LogP contribution in [0.3, 0.4) is 0 Å². The molecule has 1 unspecified atom stereocenters. The Kier molecular flexibility index (Phi) is 7.74. The summed E-state index contributed by atoms with van der Waals surface area (Å²) in [4.78, 5) is 50.5. The number of imidazole rings is 1. The van der Waals surface area contributed by atoms with E-state index in [9.17, 15) is 19.5 Å². The number of pyridine rings is 1. The van der Waals surface area contributed by atoms with Crippen molar-refractivity contribution >= 4 is 45.5 Å². The number of anilines is 1. The molecule has 0 aliphatic carbocycles. The van der Waals surface area contributed by atoms with Crippen LogP contribution in [-0.2, 0) is 14.3 Å². The average Bonchev–Trinajstić information content (AvgIpc) is 3.61. The van der Waals surface area contributed by atoms with Gasteiger partial charge in [0.15, 0.2) is 22.4 Å². The Balaban J connectivity index is 1.75. The quantitative estimate of drug-likeness (QED) is 0.131. The first kappa shape index (κ1) is 28.8. The second-order valence-corrected chi connectivity index (χ2v) is 10.6. The molecule has 42 heavy (non-hydrogen) atoms. The summed E-state index contributed by atoms with van der Waals surface area (Å²) < 4.78 is 18.2. The van der Waals surface area contributed by atoms with Gasteiger partial charge in [-0.05, 0) is 63.9 Å². The van der Waals surface area contributed by atoms with Crippen molar-refractivity contribution in [1.29, 1.82) is 0 Å². The number of Topliss-reactive ketones (excluding diaryl/α,β-unsaturated/α-hetero) is 1. The lowest BCUT2D eigenvalue weighted by molar-refractivity contribution is -0.132. The third-order valence-electron chi connectivity index (χ3n) is 7.01. The lowest BCUT2D eigenvalue weighted by Crippen LogP contribution is -2.29. The number of aryl methyl sites for hydroxylation is 3. The van der Waals surface area contributed by atoms with Gasteiger partial charge in [-0.15, -0.1) is 0 Å². The number of ether oxygens (including phenoxy) is 3. The summed E-state index contributed by atoms with van der Waals surface area (Å²) in [6, 6.07) is 7.66. The molecule has 12 heteroatoms. The topological polar surface area (TPSA) is 133 Å². The van der Waals surface area contributed by atoms with Gasteiger partial charge < -0.3 is 23.7 Å². The highest BCUT2D eigenvalue weighted by molar-refractivity contribution is 7.17. The Bertz CT molecular complexity index is 1770. The highest BCUT2D eigenvalue weighted by Crippen LogP contribution is 2.45. The maximum absolute atomic E-state index is 13.7. The van der Waals surface area contributed by atoms with Crippen LogP contribution < -0.4 is 14.4 Å². The van der Waals surface area contributed by atoms with Crippen molar-refractivity contribution in [3.05, 3.63) is 75.2 Å². The van der Waals surface area contributed by atoms with Crippen LogP contribution in [0.2, 0.25) is 0 Å². The van der Waals surface area contributed by atoms with Gasteiger partial charge in [0, 0.05) is 6.20 Å². The van der Waals surface area contributed by atoms with Crippen molar-refractivity contribution in [2.45, 2.75) is 40.7 Å². The fourth-order valence-electron chi connectivity index (χ4n) is 5.02. The maximum Gasteiger partial charge on any atom is 0.350 e. The van der Waals surface area contributed by atoms with E-state index in [1.54, 1.807) is 39.0 Å². The first-order valence-corrected chi connectivity index (χ1v) is 14.1. The highest BCUT2D eigenvalue weighted by atomic mass is 32.1. The van der Waals surface area contributed by atoms with Crippen molar-refractivity contribution in [3.8, 4) is 11.5 Å². The summed E-state index contributed by atoms with van der Waals surface area (Å²) in [5, 5.41) is 11.8. The van der Waals surface area contributed by atoms with Gasteiger partial charge in [0.2, 0.25) is 0 Å². The smallest absolute Gasteiger partial charge is 0.350 e. The third-order valence-corrected chi connectivity index (χ3v) is 8.14. The Hall–Kier alpha value is -4.71. The maximum atomic E-state index is 13.7. The number of aromatic nitrogens is 3. The van der Waals surface area contributed by atoms with Crippen molar-refractivity contribution in [2.24, 2.45) is 0 Å². The number of nitrogens with zero attached hydrogens (tertiary/aromatic N) is 4. The Morgan fingerprint density at radius 3 is 2.50 bits per heavy atom. The van der Waals surface area contributed by atoms with E-state index >= 15 is 0 Å². The van der Waals surface area contributed by atoms with E-state index in [1.165, 1.54) is 12.0 Å². The van der Waals surface area contributed by atoms with Gasteiger partial charge in [0.05, 0.1) is 43.3 Å². The number of fused-ring (bicyclic) bond motifs is 1. The van der Waals surface area contributed by atoms with Crippen LogP contribution in [0.25, 0.3) is 11.4 Å². The van der Waals surface area contributed by atoms with E-state index in [2.05, 4.69) is 9.97 Å². The number of ketones is 1. The molecule has 1 atom stereocenters. The SMILES string of the molecule is CCOC(=O)c1sc(N2C(=O)C(=O)/C(=C(/O)c3nc4c(C)cccn4c3C)C2c2ccc(OCC)c(OC)c2)nc1C. The minimum atomic E-state index is -1.11. The molecule has 11 nitrogen and oxygen atoms in total. The molecule has 4 heterocycles. The summed E-state index contributed by atoms with van der Waals surface area (Å²) in [6.45, 7) is 9.39. The molecule has 0 bridgehead atoms. The van der Waals surface area contributed by atoms with E-state index in [1.807, 2.05) is 36.6 Å². The molecule has 1 saturated heterocycles. The number of rotatable bonds is 8. The van der Waals surface area contributed by atoms with Crippen molar-refractivity contribution in [3.63, 3.8) is 0 Å². The molecule has 3 aromatic heterocycles. The van der Waals surface area contributed by atoms with Crippen LogP contribution in [-0.4, -0.2) is 57.5 Å². The lowest BCUT2D eigenvalue weighted by atomic mass is 9.96. The largest absolute Gasteiger partial charge is 0.505 e. The molecule has 1 fully saturated rings. The Morgan fingerprint density at radius 1 is 1.07 bits per heavy atom. The number of carbonyl (C=O) groups is 3. The number of amides is 1. The number of carbonyl (C=O) groups excluding carboxylic acids is 3. The average molecular weight is 591 g/mol. The van der Waals surface area contributed by atoms with Crippen LogP contribution in [0.4, 0.5) is 5.13 Å². The molecule has 218 valence electrons. The van der Waals surface area contributed by atoms with E-state index in [4.69, 9.17) is 14.2 Å². The molecular weight excluding hydrogens is 560 g/mol. The zero-order valence-corrected chi connectivity index (χ0v) is 24.9. The molecule has 0 saturated carbocycles. The van der Waals surface area contributed by atoms with Gasteiger partial charge in [-0.3, -0.25) is 14.5 Å². The molecule has 1 amide bonds. The molecule has 0 spiro atoms. The molecule has 1 N–H and O–H groups in total. The molecule has 4 aromatic rings. The summed E-state index contributed by atoms with van der Waals surface area (Å²) in [5.74, 6) is -1.97. The van der Waals surface area contributed by atoms with Crippen LogP contribution in [0.1, 0.15) is 57.8 Å². The molecule has 1 aromatic carbocycles. The second kappa shape index (κ2) is 11.3. The molecular formula is C30H30N4O7S. The van der Waals surface area contributed by atoms with Gasteiger partial charge in [0.1, 0.15) is 16.2 Å². The van der Waals surface area contributed by atoms with Gasteiger partial charge in [0.25, 0.3) is 5.78 Å². The molecule has 1 aliphatic heterocycles. The van der Waals surface area contributed by atoms with Crippen LogP contribution >= 0.6 is 11.3 Å². The van der Waals surface area contributed by atoms with Crippen molar-refractivity contribution < 1.29 is 33.7 Å². The number of hydrogen-bond donors (Lipinski definition) is 1. The summed E-state index contributed by atoms with van der Waals surface area (Å²) in [5.41, 5.74) is 2.89. The molecule has 1 aliphatic rings. The zero-order valence-electron chi connectivity index (χ0n) is 24.0. The highest BCUT2D eigenvalue weighted by Gasteiger charge is 2.49. The number of aliphatic hydroxyl groups is 1. The van der Waals surface area contributed by atoms with Crippen molar-refractivity contribution in [2.75, 3.05) is 25.2 Å². The first-order valence-electron chi connectivity index (χ1n) is 13.3. The van der Waals surface area contributed by atoms with Crippen LogP contribution in [0, 0.1) is 20.8 Å². The predicted octanol–water partition coefficient (Wildman–Crippen LogP) is 4.93. The van der Waals surface area contributed by atoms with Gasteiger partial charge >= 0.3 is 11.9 Å². The lowest BCUT2D eigenvalue weighted by Gasteiger charge is -2.23. The van der Waals surface area contributed by atoms with E-state index in [0.29, 0.717) is 40.7 Å². The van der Waals surface area contributed by atoms with Gasteiger partial charge in [-0.1, -0.05) is 23.5 Å². The molecule has 0 radical (unpaired) electrons. The normalized spacial score (nSPS) is 16.3. The number of methoxy groups -OCH3 is 1. The van der Waals surface area contributed by atoms with E-state index in [-0.39, 0.29) is 27.9 Å². The molecule has 5 rings (SSSR count). The minimum Gasteiger partial charge on any atom is -0.505 e. The number of hydrogen-bond acceptors (Lipinski definition) is 10. The first-order chi connectivity index (χ1) is 20.1. The Morgan fingerprint density at radius 2 is 1.83 bits per heavy atom. The van der Waals surface area contributed by atoms with Crippen LogP contribution in [0.15, 0.2) is 42.1 Å². The van der Waals surface area contributed by atoms with Gasteiger partial charge in [-0.2, -0.15) is 0 Å².